The van der Waals surface area contributed by atoms with E-state index < -0.39 is 5.97 Å². The van der Waals surface area contributed by atoms with E-state index in [2.05, 4.69) is 0 Å². The topological polar surface area (TPSA) is 76.2 Å². The van der Waals surface area contributed by atoms with Crippen molar-refractivity contribution in [1.82, 2.24) is 9.80 Å². The van der Waals surface area contributed by atoms with Crippen LogP contribution in [-0.4, -0.2) is 67.0 Å². The van der Waals surface area contributed by atoms with Crippen molar-refractivity contribution >= 4 is 17.8 Å². The second-order valence-electron chi connectivity index (χ2n) is 7.36. The summed E-state index contributed by atoms with van der Waals surface area (Å²) in [7, 11) is 0. The summed E-state index contributed by atoms with van der Waals surface area (Å²) in [6.07, 6.45) is 0.130. The number of aryl methyl sites for hydroxylation is 1. The molecule has 1 aromatic rings. The van der Waals surface area contributed by atoms with E-state index in [1.807, 2.05) is 31.2 Å². The Kier molecular flexibility index (Phi) is 6.69. The molecule has 156 valence electrons. The summed E-state index contributed by atoms with van der Waals surface area (Å²) in [5.41, 5.74) is 2.90. The number of allylic oxidation sites excluding steroid dienone is 1. The number of benzene rings is 1. The smallest absolute Gasteiger partial charge is 0.336 e. The Morgan fingerprint density at radius 3 is 2.59 bits per heavy atom. The van der Waals surface area contributed by atoms with E-state index >= 15 is 0 Å². The number of rotatable bonds is 5. The van der Waals surface area contributed by atoms with Gasteiger partial charge in [-0.05, 0) is 26.3 Å². The van der Waals surface area contributed by atoms with Crippen LogP contribution in [0.2, 0.25) is 0 Å². The fraction of sp³-hybridized carbons (Fsp3) is 0.500. The Balaban J connectivity index is 1.93. The van der Waals surface area contributed by atoms with Crippen molar-refractivity contribution in [2.24, 2.45) is 0 Å². The van der Waals surface area contributed by atoms with Crippen LogP contribution in [0.15, 0.2) is 35.5 Å². The number of ether oxygens (including phenoxy) is 2. The van der Waals surface area contributed by atoms with Gasteiger partial charge in [0.15, 0.2) is 0 Å². The van der Waals surface area contributed by atoms with Gasteiger partial charge < -0.3 is 19.3 Å². The molecule has 2 amide bonds. The zero-order valence-electron chi connectivity index (χ0n) is 17.3. The highest BCUT2D eigenvalue weighted by molar-refractivity contribution is 5.97. The molecule has 1 fully saturated rings. The average Bonchev–Trinajstić information content (AvgIpc) is 2.71. The SMILES string of the molecule is CCOC(=O)C1=C(C)N(CC(=O)N2CCOCC2)C(=O)C[C@@H]1c1cccc(C)c1. The molecule has 0 saturated carbocycles. The third-order valence-corrected chi connectivity index (χ3v) is 5.42. The maximum Gasteiger partial charge on any atom is 0.336 e. The second kappa shape index (κ2) is 9.22. The Morgan fingerprint density at radius 2 is 1.93 bits per heavy atom. The maximum absolute atomic E-state index is 13.0. The summed E-state index contributed by atoms with van der Waals surface area (Å²) < 4.78 is 10.6. The van der Waals surface area contributed by atoms with Gasteiger partial charge in [-0.3, -0.25) is 9.59 Å². The van der Waals surface area contributed by atoms with Gasteiger partial charge >= 0.3 is 5.97 Å². The predicted octanol–water partition coefficient (Wildman–Crippen LogP) is 2.01. The lowest BCUT2D eigenvalue weighted by molar-refractivity contribution is -0.144. The number of carbonyl (C=O) groups excluding carboxylic acids is 3. The van der Waals surface area contributed by atoms with Gasteiger partial charge in [0.2, 0.25) is 11.8 Å². The van der Waals surface area contributed by atoms with E-state index in [1.165, 1.54) is 4.90 Å². The largest absolute Gasteiger partial charge is 0.463 e. The molecule has 7 heteroatoms. The molecule has 0 radical (unpaired) electrons. The zero-order chi connectivity index (χ0) is 21.0. The fourth-order valence-corrected chi connectivity index (χ4v) is 3.90. The first-order chi connectivity index (χ1) is 13.9. The van der Waals surface area contributed by atoms with Crippen LogP contribution < -0.4 is 0 Å². The summed E-state index contributed by atoms with van der Waals surface area (Å²) in [5.74, 6) is -1.12. The first-order valence-corrected chi connectivity index (χ1v) is 10.0. The van der Waals surface area contributed by atoms with E-state index in [9.17, 15) is 14.4 Å². The van der Waals surface area contributed by atoms with Gasteiger partial charge in [0, 0.05) is 31.1 Å². The van der Waals surface area contributed by atoms with Gasteiger partial charge in [0.25, 0.3) is 0 Å². The minimum absolute atomic E-state index is 0.0753. The van der Waals surface area contributed by atoms with Crippen LogP contribution >= 0.6 is 0 Å². The number of nitrogens with zero attached hydrogens (tertiary/aromatic N) is 2. The first kappa shape index (κ1) is 21.0. The molecule has 7 nitrogen and oxygen atoms in total. The Hall–Kier alpha value is -2.67. The van der Waals surface area contributed by atoms with E-state index in [1.54, 1.807) is 18.7 Å². The number of morpholine rings is 1. The number of esters is 1. The highest BCUT2D eigenvalue weighted by Crippen LogP contribution is 2.37. The quantitative estimate of drug-likeness (QED) is 0.707. The molecule has 0 aromatic heterocycles. The molecule has 0 bridgehead atoms. The van der Waals surface area contributed by atoms with Crippen LogP contribution in [0.1, 0.15) is 37.3 Å². The Labute approximate surface area is 171 Å². The Morgan fingerprint density at radius 1 is 1.21 bits per heavy atom. The number of hydrogen-bond acceptors (Lipinski definition) is 5. The van der Waals surface area contributed by atoms with Crippen molar-refractivity contribution in [3.63, 3.8) is 0 Å². The summed E-state index contributed by atoms with van der Waals surface area (Å²) in [5, 5.41) is 0. The van der Waals surface area contributed by atoms with Gasteiger partial charge in [0.05, 0.1) is 25.4 Å². The molecule has 0 spiro atoms. The highest BCUT2D eigenvalue weighted by Gasteiger charge is 2.38. The van der Waals surface area contributed by atoms with Crippen LogP contribution in [0.5, 0.6) is 0 Å². The predicted molar refractivity (Wildman–Crippen MR) is 107 cm³/mol. The average molecular weight is 400 g/mol. The summed E-state index contributed by atoms with van der Waals surface area (Å²) in [6, 6.07) is 7.80. The lowest BCUT2D eigenvalue weighted by atomic mass is 9.83. The summed E-state index contributed by atoms with van der Waals surface area (Å²) in [6.45, 7) is 7.64. The third kappa shape index (κ3) is 4.67. The zero-order valence-corrected chi connectivity index (χ0v) is 17.3. The number of amides is 2. The fourth-order valence-electron chi connectivity index (χ4n) is 3.90. The van der Waals surface area contributed by atoms with Crippen molar-refractivity contribution < 1.29 is 23.9 Å². The molecule has 0 aliphatic carbocycles. The molecule has 3 rings (SSSR count). The lowest BCUT2D eigenvalue weighted by Gasteiger charge is -2.36. The van der Waals surface area contributed by atoms with Gasteiger partial charge in [-0.25, -0.2) is 4.79 Å². The molecule has 29 heavy (non-hydrogen) atoms. The lowest BCUT2D eigenvalue weighted by Crippen LogP contribution is -2.48. The van der Waals surface area contributed by atoms with E-state index in [0.717, 1.165) is 11.1 Å². The third-order valence-electron chi connectivity index (χ3n) is 5.42. The van der Waals surface area contributed by atoms with Crippen molar-refractivity contribution in [3.8, 4) is 0 Å². The van der Waals surface area contributed by atoms with E-state index in [0.29, 0.717) is 37.6 Å². The van der Waals surface area contributed by atoms with Gasteiger partial charge in [0.1, 0.15) is 6.54 Å². The standard InChI is InChI=1S/C22H28N2O5/c1-4-29-22(27)21-16(3)24(14-20(26)23-8-10-28-11-9-23)19(25)13-18(21)17-7-5-6-15(2)12-17/h5-7,12,18H,4,8-11,13-14H2,1-3H3/t18-/m1/s1. The van der Waals surface area contributed by atoms with Crippen molar-refractivity contribution in [1.29, 1.82) is 0 Å². The molecule has 1 atom stereocenters. The molecule has 2 aliphatic heterocycles. The molecular weight excluding hydrogens is 372 g/mol. The second-order valence-corrected chi connectivity index (χ2v) is 7.36. The molecule has 0 unspecified atom stereocenters. The van der Waals surface area contributed by atoms with Crippen LogP contribution in [0.4, 0.5) is 0 Å². The molecule has 2 heterocycles. The summed E-state index contributed by atoms with van der Waals surface area (Å²) in [4.78, 5) is 41.6. The maximum atomic E-state index is 13.0. The van der Waals surface area contributed by atoms with Crippen molar-refractivity contribution in [2.75, 3.05) is 39.5 Å². The number of carbonyl (C=O) groups is 3. The molecule has 1 saturated heterocycles. The molecule has 2 aliphatic rings. The number of hydrogen-bond donors (Lipinski definition) is 0. The minimum atomic E-state index is -0.437. The van der Waals surface area contributed by atoms with Crippen molar-refractivity contribution in [3.05, 3.63) is 46.7 Å². The van der Waals surface area contributed by atoms with Crippen molar-refractivity contribution in [2.45, 2.75) is 33.1 Å². The normalized spacial score (nSPS) is 20.1. The monoisotopic (exact) mass is 400 g/mol. The minimum Gasteiger partial charge on any atom is -0.463 e. The van der Waals surface area contributed by atoms with Gasteiger partial charge in [-0.1, -0.05) is 29.8 Å². The first-order valence-electron chi connectivity index (χ1n) is 10.0. The van der Waals surface area contributed by atoms with Crippen LogP contribution in [-0.2, 0) is 23.9 Å². The molecule has 1 aromatic carbocycles. The van der Waals surface area contributed by atoms with E-state index in [4.69, 9.17) is 9.47 Å². The van der Waals surface area contributed by atoms with Crippen LogP contribution in [0.25, 0.3) is 0 Å². The highest BCUT2D eigenvalue weighted by atomic mass is 16.5. The summed E-state index contributed by atoms with van der Waals surface area (Å²) >= 11 is 0. The molecule has 0 N–H and O–H groups in total. The van der Waals surface area contributed by atoms with Gasteiger partial charge in [-0.15, -0.1) is 0 Å². The Bertz CT molecular complexity index is 826. The van der Waals surface area contributed by atoms with Gasteiger partial charge in [-0.2, -0.15) is 0 Å². The van der Waals surface area contributed by atoms with E-state index in [-0.39, 0.29) is 37.3 Å². The molecular formula is C22H28N2O5. The van der Waals surface area contributed by atoms with Crippen LogP contribution in [0, 0.1) is 6.92 Å². The van der Waals surface area contributed by atoms with Crippen LogP contribution in [0.3, 0.4) is 0 Å².